The first-order chi connectivity index (χ1) is 21.9. The fourth-order valence-electron chi connectivity index (χ4n) is 4.20. The summed E-state index contributed by atoms with van der Waals surface area (Å²) in [5.41, 5.74) is 3.32. The molecule has 0 spiro atoms. The SMILES string of the molecule is C=C(C(CCSc1ccc(Cl)cc1)=NOC(=O)Oc1ccccc1)c1ccc(Sc2ccc(C(=O)c3ccccc3)cc2)cc1. The number of oxime groups is 1. The third-order valence-corrected chi connectivity index (χ3v) is 8.82. The van der Waals surface area contributed by atoms with E-state index in [1.54, 1.807) is 47.8 Å². The Morgan fingerprint density at radius 2 is 1.20 bits per heavy atom. The molecule has 45 heavy (non-hydrogen) atoms. The summed E-state index contributed by atoms with van der Waals surface area (Å²) >= 11 is 9.24. The average molecular weight is 650 g/mol. The monoisotopic (exact) mass is 649 g/mol. The van der Waals surface area contributed by atoms with Crippen LogP contribution in [0.25, 0.3) is 5.57 Å². The molecule has 5 rings (SSSR count). The minimum absolute atomic E-state index is 0.00337. The summed E-state index contributed by atoms with van der Waals surface area (Å²) in [6, 6.07) is 41.0. The lowest BCUT2D eigenvalue weighted by atomic mass is 10.0. The second-order valence-corrected chi connectivity index (χ2v) is 12.4. The Hall–Kier alpha value is -4.56. The molecule has 5 aromatic carbocycles. The van der Waals surface area contributed by atoms with Gasteiger partial charge in [-0.15, -0.1) is 11.8 Å². The maximum Gasteiger partial charge on any atom is 0.540 e. The lowest BCUT2D eigenvalue weighted by Crippen LogP contribution is -2.11. The van der Waals surface area contributed by atoms with Gasteiger partial charge in [0, 0.05) is 43.0 Å². The molecular formula is C37H28ClNO4S2. The molecule has 0 aromatic heterocycles. The van der Waals surface area contributed by atoms with Crippen LogP contribution >= 0.6 is 35.1 Å². The second kappa shape index (κ2) is 16.0. The van der Waals surface area contributed by atoms with Gasteiger partial charge in [-0.05, 0) is 83.9 Å². The highest BCUT2D eigenvalue weighted by Gasteiger charge is 2.13. The summed E-state index contributed by atoms with van der Waals surface area (Å²) in [6.07, 6.45) is -0.435. The fraction of sp³-hybridized carbons (Fsp3) is 0.0541. The number of rotatable bonds is 12. The maximum absolute atomic E-state index is 12.7. The van der Waals surface area contributed by atoms with Crippen LogP contribution in [0, 0.1) is 0 Å². The number of allylic oxidation sites excluding steroid dienone is 1. The lowest BCUT2D eigenvalue weighted by molar-refractivity contribution is 0.102. The van der Waals surface area contributed by atoms with E-state index in [9.17, 15) is 9.59 Å². The van der Waals surface area contributed by atoms with Gasteiger partial charge in [0.1, 0.15) is 5.75 Å². The number of ketones is 1. The van der Waals surface area contributed by atoms with Gasteiger partial charge in [0.05, 0.1) is 5.71 Å². The van der Waals surface area contributed by atoms with E-state index in [0.717, 1.165) is 20.2 Å². The van der Waals surface area contributed by atoms with Crippen molar-refractivity contribution in [2.75, 3.05) is 5.75 Å². The predicted octanol–water partition coefficient (Wildman–Crippen LogP) is 10.5. The van der Waals surface area contributed by atoms with E-state index >= 15 is 0 Å². The first-order valence-electron chi connectivity index (χ1n) is 14.0. The van der Waals surface area contributed by atoms with Crippen LogP contribution < -0.4 is 4.74 Å². The van der Waals surface area contributed by atoms with E-state index in [4.69, 9.17) is 21.2 Å². The van der Waals surface area contributed by atoms with Crippen molar-refractivity contribution >= 4 is 58.3 Å². The van der Waals surface area contributed by atoms with E-state index < -0.39 is 6.16 Å². The Morgan fingerprint density at radius 3 is 1.82 bits per heavy atom. The number of hydrogen-bond donors (Lipinski definition) is 0. The molecule has 5 aromatic rings. The van der Waals surface area contributed by atoms with Crippen LogP contribution in [0.4, 0.5) is 4.79 Å². The molecule has 0 amide bonds. The molecule has 0 aliphatic carbocycles. The van der Waals surface area contributed by atoms with Gasteiger partial charge in [-0.2, -0.15) is 0 Å². The number of nitrogens with zero attached hydrogens (tertiary/aromatic N) is 1. The molecular weight excluding hydrogens is 622 g/mol. The van der Waals surface area contributed by atoms with Gasteiger partial charge in [0.2, 0.25) is 0 Å². The number of halogens is 1. The van der Waals surface area contributed by atoms with Crippen LogP contribution in [0.15, 0.2) is 160 Å². The third-order valence-electron chi connectivity index (χ3n) is 6.54. The van der Waals surface area contributed by atoms with Crippen LogP contribution in [-0.2, 0) is 4.84 Å². The van der Waals surface area contributed by atoms with Crippen LogP contribution in [0.1, 0.15) is 27.9 Å². The molecule has 0 N–H and O–H groups in total. The number of ether oxygens (including phenoxy) is 1. The molecule has 0 radical (unpaired) electrons. The molecule has 0 heterocycles. The Balaban J connectivity index is 1.24. The summed E-state index contributed by atoms with van der Waals surface area (Å²) in [6.45, 7) is 4.26. The van der Waals surface area contributed by atoms with Crippen molar-refractivity contribution < 1.29 is 19.2 Å². The highest BCUT2D eigenvalue weighted by Crippen LogP contribution is 2.30. The summed E-state index contributed by atoms with van der Waals surface area (Å²) in [5, 5.41) is 4.83. The topological polar surface area (TPSA) is 65.0 Å². The van der Waals surface area contributed by atoms with E-state index in [-0.39, 0.29) is 5.78 Å². The number of benzene rings is 5. The largest absolute Gasteiger partial charge is 0.540 e. The molecule has 0 atom stereocenters. The third kappa shape index (κ3) is 9.46. The van der Waals surface area contributed by atoms with Crippen LogP contribution in [0.2, 0.25) is 5.02 Å². The van der Waals surface area contributed by atoms with Crippen LogP contribution in [-0.4, -0.2) is 23.4 Å². The number of para-hydroxylation sites is 1. The molecule has 0 unspecified atom stereocenters. The van der Waals surface area contributed by atoms with Crippen molar-refractivity contribution in [3.8, 4) is 5.75 Å². The zero-order valence-electron chi connectivity index (χ0n) is 24.1. The van der Waals surface area contributed by atoms with E-state index in [0.29, 0.717) is 45.4 Å². The van der Waals surface area contributed by atoms with Gasteiger partial charge in [-0.25, -0.2) is 4.79 Å². The quantitative estimate of drug-likeness (QED) is 0.0255. The Kier molecular flexibility index (Phi) is 11.3. The van der Waals surface area contributed by atoms with Crippen molar-refractivity contribution in [3.63, 3.8) is 0 Å². The van der Waals surface area contributed by atoms with Crippen molar-refractivity contribution in [2.45, 2.75) is 21.1 Å². The highest BCUT2D eigenvalue weighted by molar-refractivity contribution is 7.99. The Bertz CT molecular complexity index is 1780. The smallest absolute Gasteiger partial charge is 0.393 e. The van der Waals surface area contributed by atoms with Gasteiger partial charge < -0.3 is 4.74 Å². The Morgan fingerprint density at radius 1 is 0.667 bits per heavy atom. The van der Waals surface area contributed by atoms with Gasteiger partial charge in [0.25, 0.3) is 0 Å². The van der Waals surface area contributed by atoms with Gasteiger partial charge >= 0.3 is 6.16 Å². The van der Waals surface area contributed by atoms with Crippen LogP contribution in [0.3, 0.4) is 0 Å². The second-order valence-electron chi connectivity index (χ2n) is 9.67. The molecule has 5 nitrogen and oxygen atoms in total. The van der Waals surface area contributed by atoms with Crippen molar-refractivity contribution in [1.82, 2.24) is 0 Å². The summed E-state index contributed by atoms with van der Waals surface area (Å²) in [4.78, 5) is 33.3. The number of thioether (sulfide) groups is 1. The zero-order chi connectivity index (χ0) is 31.4. The lowest BCUT2D eigenvalue weighted by Gasteiger charge is -2.11. The van der Waals surface area contributed by atoms with E-state index in [2.05, 4.69) is 11.7 Å². The first-order valence-corrected chi connectivity index (χ1v) is 16.2. The first kappa shape index (κ1) is 31.9. The minimum Gasteiger partial charge on any atom is -0.393 e. The standard InChI is InChI=1S/C37H28ClNO4S2/c1-26(27-12-18-33(19-13-27)45-34-20-14-29(15-21-34)36(40)28-8-4-2-5-9-28)35(24-25-44-32-22-16-30(38)17-23-32)39-43-37(41)42-31-10-6-3-7-11-31/h2-23H,1,24-25H2. The molecule has 0 bridgehead atoms. The summed E-state index contributed by atoms with van der Waals surface area (Å²) < 4.78 is 5.21. The normalized spacial score (nSPS) is 11.1. The summed E-state index contributed by atoms with van der Waals surface area (Å²) in [7, 11) is 0. The van der Waals surface area contributed by atoms with Gasteiger partial charge in [-0.3, -0.25) is 9.63 Å². The van der Waals surface area contributed by atoms with Crippen molar-refractivity contribution in [3.05, 3.63) is 162 Å². The molecule has 8 heteroatoms. The Labute approximate surface area is 275 Å². The molecule has 0 saturated heterocycles. The predicted molar refractivity (Wildman–Crippen MR) is 184 cm³/mol. The average Bonchev–Trinajstić information content (AvgIpc) is 3.08. The van der Waals surface area contributed by atoms with Gasteiger partial charge in [0.15, 0.2) is 5.78 Å². The van der Waals surface area contributed by atoms with E-state index in [1.807, 2.05) is 109 Å². The molecule has 0 saturated carbocycles. The molecule has 0 aliphatic rings. The zero-order valence-corrected chi connectivity index (χ0v) is 26.5. The number of carbonyl (C=O) groups is 2. The van der Waals surface area contributed by atoms with E-state index in [1.165, 1.54) is 0 Å². The molecule has 224 valence electrons. The highest BCUT2D eigenvalue weighted by atomic mass is 35.5. The summed E-state index contributed by atoms with van der Waals surface area (Å²) in [5.74, 6) is 1.03. The van der Waals surface area contributed by atoms with Crippen molar-refractivity contribution in [2.24, 2.45) is 5.16 Å². The maximum atomic E-state index is 12.7. The number of hydrogen-bond acceptors (Lipinski definition) is 7. The number of carbonyl (C=O) groups excluding carboxylic acids is 2. The van der Waals surface area contributed by atoms with Crippen molar-refractivity contribution in [1.29, 1.82) is 0 Å². The molecule has 0 fully saturated rings. The van der Waals surface area contributed by atoms with Crippen LogP contribution in [0.5, 0.6) is 5.75 Å². The van der Waals surface area contributed by atoms with Gasteiger partial charge in [-0.1, -0.05) is 95.8 Å². The fourth-order valence-corrected chi connectivity index (χ4v) is 6.00. The minimum atomic E-state index is -0.930. The molecule has 0 aliphatic heterocycles.